The Bertz CT molecular complexity index is 179. The van der Waals surface area contributed by atoms with Crippen LogP contribution in [0.15, 0.2) is 0 Å². The fourth-order valence-corrected chi connectivity index (χ4v) is 2.89. The van der Waals surface area contributed by atoms with Gasteiger partial charge in [0.15, 0.2) is 0 Å². The lowest BCUT2D eigenvalue weighted by Crippen LogP contribution is -2.42. The maximum atomic E-state index is 9.80. The van der Waals surface area contributed by atoms with Gasteiger partial charge in [-0.3, -0.25) is 0 Å². The Morgan fingerprint density at radius 3 is 2.12 bits per heavy atom. The van der Waals surface area contributed by atoms with E-state index in [0.717, 1.165) is 19.4 Å². The van der Waals surface area contributed by atoms with Crippen LogP contribution in [0.5, 0.6) is 0 Å². The third-order valence-electron chi connectivity index (χ3n) is 4.51. The zero-order valence-corrected chi connectivity index (χ0v) is 11.3. The molecule has 2 nitrogen and oxygen atoms in total. The summed E-state index contributed by atoms with van der Waals surface area (Å²) in [5.41, 5.74) is 0.603. The number of β-amino-alcohol motifs (C(OH)–C–C–N with tert-alkyl or cyclic N) is 1. The predicted octanol–water partition coefficient (Wildman–Crippen LogP) is 3.05. The molecule has 0 saturated carbocycles. The molecule has 0 aromatic rings. The first-order valence-electron chi connectivity index (χ1n) is 7.06. The maximum absolute atomic E-state index is 9.80. The van der Waals surface area contributed by atoms with Crippen molar-refractivity contribution in [1.29, 1.82) is 0 Å². The average molecular weight is 227 g/mol. The lowest BCUT2D eigenvalue weighted by Gasteiger charge is -2.41. The molecule has 96 valence electrons. The Morgan fingerprint density at radius 1 is 1.12 bits per heavy atom. The summed E-state index contributed by atoms with van der Waals surface area (Å²) >= 11 is 0. The third-order valence-corrected chi connectivity index (χ3v) is 4.51. The first kappa shape index (κ1) is 14.0. The zero-order chi connectivity index (χ0) is 12.0. The summed E-state index contributed by atoms with van der Waals surface area (Å²) in [5, 5.41) is 9.80. The van der Waals surface area contributed by atoms with Gasteiger partial charge in [0.05, 0.1) is 6.10 Å². The van der Waals surface area contributed by atoms with Gasteiger partial charge in [-0.1, -0.05) is 40.0 Å². The van der Waals surface area contributed by atoms with Gasteiger partial charge < -0.3 is 10.0 Å². The lowest BCUT2D eigenvalue weighted by atomic mass is 9.74. The fraction of sp³-hybridized carbons (Fsp3) is 1.00. The third kappa shape index (κ3) is 3.74. The molecule has 1 fully saturated rings. The molecule has 1 unspecified atom stereocenters. The van der Waals surface area contributed by atoms with Crippen molar-refractivity contribution >= 4 is 0 Å². The number of hydrogen-bond acceptors (Lipinski definition) is 2. The van der Waals surface area contributed by atoms with Crippen molar-refractivity contribution in [2.75, 3.05) is 19.6 Å². The largest absolute Gasteiger partial charge is 0.392 e. The van der Waals surface area contributed by atoms with Crippen LogP contribution in [0.3, 0.4) is 0 Å². The Morgan fingerprint density at radius 2 is 1.69 bits per heavy atom. The fourth-order valence-electron chi connectivity index (χ4n) is 2.89. The van der Waals surface area contributed by atoms with E-state index in [9.17, 15) is 5.11 Å². The molecule has 2 heteroatoms. The standard InChI is InChI=1S/C14H29NO/c1-4-7-13(16)12-15-10-8-14(5-2,6-3)9-11-15/h13,16H,4-12H2,1-3H3. The number of aliphatic hydroxyl groups is 1. The summed E-state index contributed by atoms with van der Waals surface area (Å²) in [6.45, 7) is 10.0. The molecule has 0 aromatic carbocycles. The molecule has 1 aliphatic heterocycles. The van der Waals surface area contributed by atoms with Gasteiger partial charge in [0, 0.05) is 6.54 Å². The van der Waals surface area contributed by atoms with E-state index in [4.69, 9.17) is 0 Å². The summed E-state index contributed by atoms with van der Waals surface area (Å²) < 4.78 is 0. The van der Waals surface area contributed by atoms with Crippen LogP contribution < -0.4 is 0 Å². The van der Waals surface area contributed by atoms with Crippen LogP contribution in [0.25, 0.3) is 0 Å². The van der Waals surface area contributed by atoms with Crippen LogP contribution >= 0.6 is 0 Å². The Balaban J connectivity index is 2.31. The normalized spacial score (nSPS) is 23.2. The molecular weight excluding hydrogens is 198 g/mol. The second-order valence-corrected chi connectivity index (χ2v) is 5.45. The minimum Gasteiger partial charge on any atom is -0.392 e. The summed E-state index contributed by atoms with van der Waals surface area (Å²) in [4.78, 5) is 2.45. The number of piperidine rings is 1. The van der Waals surface area contributed by atoms with E-state index in [1.54, 1.807) is 0 Å². The molecule has 1 aliphatic rings. The predicted molar refractivity (Wildman–Crippen MR) is 69.6 cm³/mol. The van der Waals surface area contributed by atoms with Crippen molar-refractivity contribution < 1.29 is 5.11 Å². The van der Waals surface area contributed by atoms with E-state index in [1.165, 1.54) is 38.8 Å². The number of rotatable bonds is 6. The van der Waals surface area contributed by atoms with Crippen LogP contribution in [0.4, 0.5) is 0 Å². The Kier molecular flexibility index (Phi) is 5.77. The van der Waals surface area contributed by atoms with Crippen LogP contribution in [0, 0.1) is 5.41 Å². The van der Waals surface area contributed by atoms with Gasteiger partial charge in [-0.2, -0.15) is 0 Å². The Labute approximate surface area is 101 Å². The SMILES string of the molecule is CCCC(O)CN1CCC(CC)(CC)CC1. The van der Waals surface area contributed by atoms with Crippen molar-refractivity contribution in [2.24, 2.45) is 5.41 Å². The summed E-state index contributed by atoms with van der Waals surface area (Å²) in [6, 6.07) is 0. The van der Waals surface area contributed by atoms with Crippen LogP contribution in [-0.2, 0) is 0 Å². The molecular formula is C14H29NO. The molecule has 1 atom stereocenters. The zero-order valence-electron chi connectivity index (χ0n) is 11.3. The molecule has 0 aromatic heterocycles. The summed E-state index contributed by atoms with van der Waals surface area (Å²) in [7, 11) is 0. The van der Waals surface area contributed by atoms with E-state index in [1.807, 2.05) is 0 Å². The first-order valence-corrected chi connectivity index (χ1v) is 7.06. The quantitative estimate of drug-likeness (QED) is 0.754. The van der Waals surface area contributed by atoms with E-state index in [2.05, 4.69) is 25.7 Å². The summed E-state index contributed by atoms with van der Waals surface area (Å²) in [6.07, 6.45) is 7.19. The second-order valence-electron chi connectivity index (χ2n) is 5.45. The van der Waals surface area contributed by atoms with Gasteiger partial charge in [0.25, 0.3) is 0 Å². The second kappa shape index (κ2) is 6.61. The van der Waals surface area contributed by atoms with Gasteiger partial charge in [-0.25, -0.2) is 0 Å². The van der Waals surface area contributed by atoms with E-state index < -0.39 is 0 Å². The molecule has 1 saturated heterocycles. The Hall–Kier alpha value is -0.0800. The highest BCUT2D eigenvalue weighted by atomic mass is 16.3. The maximum Gasteiger partial charge on any atom is 0.0667 e. The first-order chi connectivity index (χ1) is 7.65. The topological polar surface area (TPSA) is 23.5 Å². The van der Waals surface area contributed by atoms with Crippen molar-refractivity contribution in [1.82, 2.24) is 4.90 Å². The number of aliphatic hydroxyl groups excluding tert-OH is 1. The smallest absolute Gasteiger partial charge is 0.0667 e. The highest BCUT2D eigenvalue weighted by Crippen LogP contribution is 2.37. The number of hydrogen-bond donors (Lipinski definition) is 1. The van der Waals surface area contributed by atoms with Crippen molar-refractivity contribution in [3.05, 3.63) is 0 Å². The molecule has 16 heavy (non-hydrogen) atoms. The van der Waals surface area contributed by atoms with Gasteiger partial charge in [-0.05, 0) is 37.8 Å². The van der Waals surface area contributed by atoms with Crippen molar-refractivity contribution in [3.63, 3.8) is 0 Å². The highest BCUT2D eigenvalue weighted by Gasteiger charge is 2.31. The molecule has 0 amide bonds. The number of likely N-dealkylation sites (tertiary alicyclic amines) is 1. The van der Waals surface area contributed by atoms with Crippen LogP contribution in [0.2, 0.25) is 0 Å². The van der Waals surface area contributed by atoms with Gasteiger partial charge in [0.2, 0.25) is 0 Å². The average Bonchev–Trinajstić information content (AvgIpc) is 2.31. The van der Waals surface area contributed by atoms with Gasteiger partial charge >= 0.3 is 0 Å². The van der Waals surface area contributed by atoms with E-state index in [-0.39, 0.29) is 6.10 Å². The molecule has 1 heterocycles. The molecule has 0 spiro atoms. The van der Waals surface area contributed by atoms with Crippen LogP contribution in [0.1, 0.15) is 59.3 Å². The van der Waals surface area contributed by atoms with Crippen molar-refractivity contribution in [3.8, 4) is 0 Å². The molecule has 1 N–H and O–H groups in total. The van der Waals surface area contributed by atoms with Gasteiger partial charge in [0.1, 0.15) is 0 Å². The minimum absolute atomic E-state index is 0.110. The van der Waals surface area contributed by atoms with Gasteiger partial charge in [-0.15, -0.1) is 0 Å². The lowest BCUT2D eigenvalue weighted by molar-refractivity contribution is 0.0503. The minimum atomic E-state index is -0.110. The van der Waals surface area contributed by atoms with Crippen LogP contribution in [-0.4, -0.2) is 35.7 Å². The van der Waals surface area contributed by atoms with E-state index in [0.29, 0.717) is 5.41 Å². The molecule has 0 bridgehead atoms. The number of nitrogens with zero attached hydrogens (tertiary/aromatic N) is 1. The van der Waals surface area contributed by atoms with Crippen molar-refractivity contribution in [2.45, 2.75) is 65.4 Å². The monoisotopic (exact) mass is 227 g/mol. The molecule has 0 radical (unpaired) electrons. The highest BCUT2D eigenvalue weighted by molar-refractivity contribution is 4.84. The van der Waals surface area contributed by atoms with E-state index >= 15 is 0 Å². The molecule has 1 rings (SSSR count). The summed E-state index contributed by atoms with van der Waals surface area (Å²) in [5.74, 6) is 0. The molecule has 0 aliphatic carbocycles.